The Kier molecular flexibility index (Phi) is 6.42. The molecular weight excluding hydrogens is 316 g/mol. The van der Waals surface area contributed by atoms with Crippen LogP contribution >= 0.6 is 0 Å². The number of likely N-dealkylation sites (N-methyl/N-ethyl adjacent to an activating group) is 1. The fraction of sp³-hybridized carbons (Fsp3) is 0.350. The van der Waals surface area contributed by atoms with Gasteiger partial charge in [-0.25, -0.2) is 0 Å². The van der Waals surface area contributed by atoms with Gasteiger partial charge in [0.05, 0.1) is 20.8 Å². The number of carbonyl (C=O) groups excluding carboxylic acids is 1. The third kappa shape index (κ3) is 4.97. The molecule has 5 heteroatoms. The Balaban J connectivity index is 1.98. The van der Waals surface area contributed by atoms with Gasteiger partial charge in [-0.05, 0) is 38.6 Å². The molecule has 0 aliphatic carbocycles. The molecule has 0 radical (unpaired) electrons. The number of methoxy groups -OCH3 is 2. The van der Waals surface area contributed by atoms with Crippen LogP contribution < -0.4 is 14.8 Å². The van der Waals surface area contributed by atoms with Crippen molar-refractivity contribution in [1.82, 2.24) is 4.90 Å². The lowest BCUT2D eigenvalue weighted by Crippen LogP contribution is -2.32. The maximum Gasteiger partial charge on any atom is 0.238 e. The predicted octanol–water partition coefficient (Wildman–Crippen LogP) is 3.64. The van der Waals surface area contributed by atoms with Crippen molar-refractivity contribution in [1.29, 1.82) is 0 Å². The van der Waals surface area contributed by atoms with Crippen LogP contribution in [0.15, 0.2) is 42.5 Å². The molecule has 0 bridgehead atoms. The van der Waals surface area contributed by atoms with Gasteiger partial charge in [-0.2, -0.15) is 0 Å². The first-order chi connectivity index (χ1) is 11.9. The zero-order valence-electron chi connectivity index (χ0n) is 15.5. The van der Waals surface area contributed by atoms with Crippen molar-refractivity contribution in [2.45, 2.75) is 19.9 Å². The van der Waals surface area contributed by atoms with E-state index in [4.69, 9.17) is 9.47 Å². The van der Waals surface area contributed by atoms with Crippen LogP contribution in [0, 0.1) is 6.92 Å². The minimum absolute atomic E-state index is 0.0753. The number of ether oxygens (including phenoxy) is 2. The quantitative estimate of drug-likeness (QED) is 0.834. The summed E-state index contributed by atoms with van der Waals surface area (Å²) in [6.07, 6.45) is 0. The highest BCUT2D eigenvalue weighted by Crippen LogP contribution is 2.29. The van der Waals surface area contributed by atoms with Crippen LogP contribution in [0.3, 0.4) is 0 Å². The summed E-state index contributed by atoms with van der Waals surface area (Å²) in [5.74, 6) is 1.14. The molecule has 2 rings (SSSR count). The molecule has 0 aliphatic rings. The van der Waals surface area contributed by atoms with Crippen LogP contribution in [0.1, 0.15) is 24.1 Å². The fourth-order valence-corrected chi connectivity index (χ4v) is 2.58. The van der Waals surface area contributed by atoms with Gasteiger partial charge in [-0.1, -0.05) is 29.8 Å². The van der Waals surface area contributed by atoms with E-state index in [0.717, 1.165) is 0 Å². The molecule has 0 heterocycles. The summed E-state index contributed by atoms with van der Waals surface area (Å²) >= 11 is 0. The lowest BCUT2D eigenvalue weighted by molar-refractivity contribution is -0.117. The standard InChI is InChI=1S/C20H26N2O3/c1-14-6-8-16(9-7-14)15(2)22(3)13-20(23)21-17-10-11-18(24-4)19(12-17)25-5/h6-12,15H,13H2,1-5H3,(H,21,23). The highest BCUT2D eigenvalue weighted by molar-refractivity contribution is 5.92. The van der Waals surface area contributed by atoms with Crippen molar-refractivity contribution in [2.24, 2.45) is 0 Å². The first kappa shape index (κ1) is 18.8. The summed E-state index contributed by atoms with van der Waals surface area (Å²) in [6, 6.07) is 13.8. The lowest BCUT2D eigenvalue weighted by Gasteiger charge is -2.24. The number of benzene rings is 2. The van der Waals surface area contributed by atoms with Crippen molar-refractivity contribution in [3.05, 3.63) is 53.6 Å². The molecule has 0 spiro atoms. The third-order valence-corrected chi connectivity index (χ3v) is 4.28. The topological polar surface area (TPSA) is 50.8 Å². The predicted molar refractivity (Wildman–Crippen MR) is 100 cm³/mol. The van der Waals surface area contributed by atoms with E-state index in [0.29, 0.717) is 23.7 Å². The molecule has 134 valence electrons. The van der Waals surface area contributed by atoms with E-state index >= 15 is 0 Å². The van der Waals surface area contributed by atoms with E-state index in [9.17, 15) is 4.79 Å². The molecule has 2 aromatic rings. The first-order valence-electron chi connectivity index (χ1n) is 8.23. The average molecular weight is 342 g/mol. The first-order valence-corrected chi connectivity index (χ1v) is 8.23. The summed E-state index contributed by atoms with van der Waals surface area (Å²) in [5, 5.41) is 2.90. The third-order valence-electron chi connectivity index (χ3n) is 4.28. The minimum atomic E-state index is -0.0753. The SMILES string of the molecule is COc1ccc(NC(=O)CN(C)C(C)c2ccc(C)cc2)cc1OC. The number of amides is 1. The number of aryl methyl sites for hydroxylation is 1. The zero-order valence-corrected chi connectivity index (χ0v) is 15.5. The van der Waals surface area contributed by atoms with Gasteiger partial charge in [-0.3, -0.25) is 9.69 Å². The van der Waals surface area contributed by atoms with E-state index in [1.54, 1.807) is 32.4 Å². The Labute approximate surface area is 149 Å². The number of rotatable bonds is 7. The summed E-state index contributed by atoms with van der Waals surface area (Å²) < 4.78 is 10.5. The number of hydrogen-bond acceptors (Lipinski definition) is 4. The van der Waals surface area contributed by atoms with Gasteiger partial charge in [0.1, 0.15) is 0 Å². The van der Waals surface area contributed by atoms with Crippen molar-refractivity contribution in [2.75, 3.05) is 33.1 Å². The second-order valence-corrected chi connectivity index (χ2v) is 6.12. The smallest absolute Gasteiger partial charge is 0.238 e. The molecule has 0 fully saturated rings. The Bertz CT molecular complexity index is 713. The van der Waals surface area contributed by atoms with E-state index in [1.165, 1.54) is 11.1 Å². The van der Waals surface area contributed by atoms with Gasteiger partial charge in [0.2, 0.25) is 5.91 Å². The van der Waals surface area contributed by atoms with Crippen LogP contribution in [0.5, 0.6) is 11.5 Å². The molecule has 1 amide bonds. The summed E-state index contributed by atoms with van der Waals surface area (Å²) in [5.41, 5.74) is 3.09. The molecule has 1 unspecified atom stereocenters. The maximum absolute atomic E-state index is 12.3. The Hall–Kier alpha value is -2.53. The molecule has 1 N–H and O–H groups in total. The number of nitrogens with one attached hydrogen (secondary N) is 1. The highest BCUT2D eigenvalue weighted by Gasteiger charge is 2.15. The minimum Gasteiger partial charge on any atom is -0.493 e. The molecule has 0 saturated carbocycles. The normalized spacial score (nSPS) is 11.9. The molecule has 5 nitrogen and oxygen atoms in total. The van der Waals surface area contributed by atoms with E-state index in [2.05, 4.69) is 43.4 Å². The van der Waals surface area contributed by atoms with Gasteiger partial charge < -0.3 is 14.8 Å². The number of nitrogens with zero attached hydrogens (tertiary/aromatic N) is 1. The van der Waals surface area contributed by atoms with Crippen LogP contribution in [0.4, 0.5) is 5.69 Å². The molecule has 0 aromatic heterocycles. The molecule has 1 atom stereocenters. The summed E-state index contributed by atoms with van der Waals surface area (Å²) in [7, 11) is 5.09. The number of carbonyl (C=O) groups is 1. The van der Waals surface area contributed by atoms with Gasteiger partial charge in [0, 0.05) is 17.8 Å². The average Bonchev–Trinajstić information content (AvgIpc) is 2.61. The lowest BCUT2D eigenvalue weighted by atomic mass is 10.1. The van der Waals surface area contributed by atoms with Crippen LogP contribution in [-0.4, -0.2) is 38.6 Å². The second kappa shape index (κ2) is 8.53. The Morgan fingerprint density at radius 1 is 1.08 bits per heavy atom. The van der Waals surface area contributed by atoms with Crippen molar-refractivity contribution in [3.63, 3.8) is 0 Å². The van der Waals surface area contributed by atoms with Crippen LogP contribution in [0.2, 0.25) is 0 Å². The van der Waals surface area contributed by atoms with Gasteiger partial charge >= 0.3 is 0 Å². The largest absolute Gasteiger partial charge is 0.493 e. The summed E-state index contributed by atoms with van der Waals surface area (Å²) in [6.45, 7) is 4.45. The van der Waals surface area contributed by atoms with E-state index in [-0.39, 0.29) is 11.9 Å². The van der Waals surface area contributed by atoms with Crippen molar-refractivity contribution in [3.8, 4) is 11.5 Å². The monoisotopic (exact) mass is 342 g/mol. The number of anilines is 1. The fourth-order valence-electron chi connectivity index (χ4n) is 2.58. The molecule has 0 saturated heterocycles. The van der Waals surface area contributed by atoms with Crippen molar-refractivity contribution < 1.29 is 14.3 Å². The number of hydrogen-bond donors (Lipinski definition) is 1. The molecule has 25 heavy (non-hydrogen) atoms. The van der Waals surface area contributed by atoms with E-state index < -0.39 is 0 Å². The second-order valence-electron chi connectivity index (χ2n) is 6.12. The van der Waals surface area contributed by atoms with E-state index in [1.807, 2.05) is 11.9 Å². The van der Waals surface area contributed by atoms with Crippen LogP contribution in [-0.2, 0) is 4.79 Å². The van der Waals surface area contributed by atoms with Gasteiger partial charge in [-0.15, -0.1) is 0 Å². The molecule has 0 aliphatic heterocycles. The van der Waals surface area contributed by atoms with Gasteiger partial charge in [0.25, 0.3) is 0 Å². The highest BCUT2D eigenvalue weighted by atomic mass is 16.5. The van der Waals surface area contributed by atoms with Crippen LogP contribution in [0.25, 0.3) is 0 Å². The Morgan fingerprint density at radius 2 is 1.72 bits per heavy atom. The van der Waals surface area contributed by atoms with Gasteiger partial charge in [0.15, 0.2) is 11.5 Å². The Morgan fingerprint density at radius 3 is 2.32 bits per heavy atom. The zero-order chi connectivity index (χ0) is 18.4. The maximum atomic E-state index is 12.3. The molecular formula is C20H26N2O3. The van der Waals surface area contributed by atoms with Crippen molar-refractivity contribution >= 4 is 11.6 Å². The summed E-state index contributed by atoms with van der Waals surface area (Å²) in [4.78, 5) is 14.4. The molecule has 2 aromatic carbocycles.